The molecule has 0 saturated heterocycles. The third kappa shape index (κ3) is 4.08. The Hall–Kier alpha value is -5.11. The topological polar surface area (TPSA) is 140 Å². The molecule has 0 amide bonds. The number of tetrazole rings is 1. The van der Waals surface area contributed by atoms with Crippen molar-refractivity contribution >= 4 is 22.6 Å². The van der Waals surface area contributed by atoms with E-state index in [1.807, 2.05) is 6.07 Å². The summed E-state index contributed by atoms with van der Waals surface area (Å²) < 4.78 is 43.0. The number of hydrogen-bond acceptors (Lipinski definition) is 7. The van der Waals surface area contributed by atoms with Gasteiger partial charge in [-0.05, 0) is 64.7 Å². The highest BCUT2D eigenvalue weighted by atomic mass is 35.5. The fourth-order valence-corrected chi connectivity index (χ4v) is 6.22. The molecule has 3 atom stereocenters. The highest BCUT2D eigenvalue weighted by Crippen LogP contribution is 2.60. The lowest BCUT2D eigenvalue weighted by atomic mass is 10.0. The van der Waals surface area contributed by atoms with Crippen molar-refractivity contribution in [2.75, 3.05) is 0 Å². The predicted molar refractivity (Wildman–Crippen MR) is 148 cm³/mol. The first-order chi connectivity index (χ1) is 20.7. The summed E-state index contributed by atoms with van der Waals surface area (Å²) in [6.07, 6.45) is -0.961. The molecule has 4 aromatic heterocycles. The summed E-state index contributed by atoms with van der Waals surface area (Å²) in [6, 6.07) is 13.1. The van der Waals surface area contributed by atoms with Crippen LogP contribution in [-0.4, -0.2) is 44.7 Å². The van der Waals surface area contributed by atoms with Crippen molar-refractivity contribution in [1.82, 2.24) is 44.7 Å². The minimum absolute atomic E-state index is 0.0140. The van der Waals surface area contributed by atoms with Gasteiger partial charge in [0, 0.05) is 33.8 Å². The first kappa shape index (κ1) is 25.6. The first-order valence-corrected chi connectivity index (χ1v) is 13.5. The molecule has 15 heteroatoms. The zero-order valence-corrected chi connectivity index (χ0v) is 22.4. The van der Waals surface area contributed by atoms with Crippen molar-refractivity contribution in [1.29, 1.82) is 0 Å². The first-order valence-electron chi connectivity index (χ1n) is 13.1. The summed E-state index contributed by atoms with van der Waals surface area (Å²) in [5, 5.41) is 11.9. The average molecular weight is 604 g/mol. The van der Waals surface area contributed by atoms with Crippen molar-refractivity contribution in [2.45, 2.75) is 24.6 Å². The molecule has 1 aliphatic carbocycles. The Kier molecular flexibility index (Phi) is 5.32. The van der Waals surface area contributed by atoms with Crippen LogP contribution in [0, 0.1) is 5.92 Å². The number of alkyl halides is 3. The Morgan fingerprint density at radius 3 is 2.65 bits per heavy atom. The van der Waals surface area contributed by atoms with Gasteiger partial charge in [0.25, 0.3) is 11.1 Å². The third-order valence-electron chi connectivity index (χ3n) is 8.02. The maximum Gasteiger partial charge on any atom is 0.438 e. The van der Waals surface area contributed by atoms with E-state index in [1.165, 1.54) is 23.1 Å². The summed E-state index contributed by atoms with van der Waals surface area (Å²) in [7, 11) is 0. The van der Waals surface area contributed by atoms with Crippen LogP contribution in [0.25, 0.3) is 39.1 Å². The number of halogens is 4. The molecule has 0 spiro atoms. The average Bonchev–Trinajstić information content (AvgIpc) is 3.32. The van der Waals surface area contributed by atoms with E-state index in [1.54, 1.807) is 41.1 Å². The van der Waals surface area contributed by atoms with Gasteiger partial charge >= 0.3 is 6.18 Å². The molecule has 0 bridgehead atoms. The molecule has 5 heterocycles. The Labute approximate surface area is 243 Å². The molecule has 0 radical (unpaired) electrons. The van der Waals surface area contributed by atoms with Crippen LogP contribution < -0.4 is 11.1 Å². The molecule has 1 aliphatic heterocycles. The lowest BCUT2D eigenvalue weighted by Crippen LogP contribution is -2.26. The van der Waals surface area contributed by atoms with E-state index in [0.29, 0.717) is 38.9 Å². The van der Waals surface area contributed by atoms with Crippen LogP contribution in [0.3, 0.4) is 0 Å². The van der Waals surface area contributed by atoms with E-state index < -0.39 is 17.4 Å². The van der Waals surface area contributed by atoms with Crippen LogP contribution in [0.15, 0.2) is 70.6 Å². The van der Waals surface area contributed by atoms with E-state index in [4.69, 9.17) is 11.6 Å². The molecule has 43 heavy (non-hydrogen) atoms. The minimum Gasteiger partial charge on any atom is -0.340 e. The summed E-state index contributed by atoms with van der Waals surface area (Å²) in [4.78, 5) is 39.1. The number of pyridine rings is 1. The maximum absolute atomic E-state index is 13.6. The van der Waals surface area contributed by atoms with Gasteiger partial charge in [-0.25, -0.2) is 9.97 Å². The fourth-order valence-electron chi connectivity index (χ4n) is 6.05. The third-order valence-corrected chi connectivity index (χ3v) is 8.25. The fraction of sp³-hybridized carbons (Fsp3) is 0.179. The van der Waals surface area contributed by atoms with Crippen molar-refractivity contribution < 1.29 is 13.2 Å². The molecule has 8 rings (SSSR count). The number of nitrogens with one attached hydrogen (secondary N) is 2. The van der Waals surface area contributed by atoms with E-state index >= 15 is 0 Å². The SMILES string of the molecule is O=c1[nH]c2ccc(-c3cnc(C4C5CC5c5cc(-c6cc(Cl)ccc6-n6cnnn6)cc(=O)n54)[nH]3)cc2nc1C(F)(F)F. The van der Waals surface area contributed by atoms with Crippen LogP contribution in [0.2, 0.25) is 5.02 Å². The number of benzene rings is 2. The molecule has 2 N–H and O–H groups in total. The normalized spacial score (nSPS) is 19.0. The smallest absolute Gasteiger partial charge is 0.340 e. The van der Waals surface area contributed by atoms with Crippen LogP contribution in [0.5, 0.6) is 0 Å². The van der Waals surface area contributed by atoms with Gasteiger partial charge in [-0.1, -0.05) is 17.7 Å². The largest absolute Gasteiger partial charge is 0.438 e. The number of H-pyrrole nitrogens is 2. The van der Waals surface area contributed by atoms with Gasteiger partial charge in [-0.3, -0.25) is 9.59 Å². The number of rotatable bonds is 4. The highest BCUT2D eigenvalue weighted by molar-refractivity contribution is 6.31. The van der Waals surface area contributed by atoms with Crippen molar-refractivity contribution in [2.24, 2.45) is 5.92 Å². The monoisotopic (exact) mass is 603 g/mol. The van der Waals surface area contributed by atoms with Crippen LogP contribution in [0.4, 0.5) is 13.2 Å². The van der Waals surface area contributed by atoms with E-state index in [-0.39, 0.29) is 34.5 Å². The molecule has 11 nitrogen and oxygen atoms in total. The summed E-state index contributed by atoms with van der Waals surface area (Å²) in [6.45, 7) is 0. The maximum atomic E-state index is 13.6. The number of aromatic nitrogens is 9. The summed E-state index contributed by atoms with van der Waals surface area (Å²) >= 11 is 6.32. The van der Waals surface area contributed by atoms with Gasteiger partial charge in [0.2, 0.25) is 5.69 Å². The molecule has 2 aromatic carbocycles. The molecular formula is C28H17ClF3N9O2. The van der Waals surface area contributed by atoms with E-state index in [0.717, 1.165) is 12.1 Å². The molecule has 2 aliphatic rings. The van der Waals surface area contributed by atoms with E-state index in [9.17, 15) is 22.8 Å². The Bertz CT molecular complexity index is 2200. The Morgan fingerprint density at radius 2 is 1.86 bits per heavy atom. The van der Waals surface area contributed by atoms with E-state index in [2.05, 4.69) is 35.5 Å². The Balaban J connectivity index is 1.17. The lowest BCUT2D eigenvalue weighted by molar-refractivity contribution is -0.142. The minimum atomic E-state index is -4.88. The van der Waals surface area contributed by atoms with Gasteiger partial charge < -0.3 is 14.5 Å². The second-order valence-corrected chi connectivity index (χ2v) is 11.0. The number of fused-ring (bicyclic) bond motifs is 4. The lowest BCUT2D eigenvalue weighted by Gasteiger charge is -2.18. The van der Waals surface area contributed by atoms with Gasteiger partial charge in [-0.2, -0.15) is 17.9 Å². The van der Waals surface area contributed by atoms with Crippen molar-refractivity contribution in [3.05, 3.63) is 104 Å². The second-order valence-electron chi connectivity index (χ2n) is 10.6. The zero-order valence-electron chi connectivity index (χ0n) is 21.7. The van der Waals surface area contributed by atoms with Crippen LogP contribution in [0.1, 0.15) is 35.6 Å². The van der Waals surface area contributed by atoms with Crippen LogP contribution in [-0.2, 0) is 6.18 Å². The highest BCUT2D eigenvalue weighted by Gasteiger charge is 2.54. The molecule has 1 fully saturated rings. The molecule has 3 unspecified atom stereocenters. The standard InChI is InChI=1S/C28H17ClF3N9O2/c29-14-2-4-21(40-11-34-38-39-40)15(8-14)13-6-22-16-9-17(16)24(41(22)23(42)7-13)26-33-10-20(36-26)12-1-3-18-19(5-12)35-25(27(43)37-18)28(30,31)32/h1-8,10-11,16-17,24H,9H2,(H,33,36)(H,37,43). The van der Waals surface area contributed by atoms with Crippen molar-refractivity contribution in [3.63, 3.8) is 0 Å². The summed E-state index contributed by atoms with van der Waals surface area (Å²) in [5.41, 5.74) is 1.18. The zero-order chi connectivity index (χ0) is 29.6. The number of aromatic amines is 2. The van der Waals surface area contributed by atoms with Crippen LogP contribution >= 0.6 is 11.6 Å². The molecule has 1 saturated carbocycles. The second kappa shape index (κ2) is 8.94. The van der Waals surface area contributed by atoms with Gasteiger partial charge in [0.15, 0.2) is 0 Å². The number of nitrogens with zero attached hydrogens (tertiary/aromatic N) is 7. The molecular weight excluding hydrogens is 587 g/mol. The van der Waals surface area contributed by atoms with Gasteiger partial charge in [-0.15, -0.1) is 5.10 Å². The predicted octanol–water partition coefficient (Wildman–Crippen LogP) is 4.50. The quantitative estimate of drug-likeness (QED) is 0.302. The number of hydrogen-bond donors (Lipinski definition) is 2. The summed E-state index contributed by atoms with van der Waals surface area (Å²) in [5.74, 6) is 0.904. The number of imidazole rings is 1. The molecule has 214 valence electrons. The van der Waals surface area contributed by atoms with Gasteiger partial charge in [0.05, 0.1) is 34.7 Å². The Morgan fingerprint density at radius 1 is 1.00 bits per heavy atom. The molecule has 6 aromatic rings. The van der Waals surface area contributed by atoms with Gasteiger partial charge in [0.1, 0.15) is 12.2 Å². The van der Waals surface area contributed by atoms with Crippen molar-refractivity contribution in [3.8, 4) is 28.1 Å².